The Balaban J connectivity index is 1.40. The summed E-state index contributed by atoms with van der Waals surface area (Å²) < 4.78 is 11.3. The average molecular weight is 421 g/mol. The first kappa shape index (κ1) is 21.5. The molecule has 1 aliphatic heterocycles. The standard InChI is InChI=1S/C24H24N2O3S/c27-22(25-16-10-2-1-5-11-19-12-6-3-7-13-19)18-26-21(23(30-29)24(26)28)17-20-14-8-4-9-15-20/h3-4,6-9,12-15,21H,5,10-11,16-18H2,(H,25,27). The fourth-order valence-corrected chi connectivity index (χ4v) is 3.83. The van der Waals surface area contributed by atoms with Crippen molar-refractivity contribution >= 4 is 27.9 Å². The third-order valence-electron chi connectivity index (χ3n) is 4.90. The van der Waals surface area contributed by atoms with Gasteiger partial charge in [0.05, 0.1) is 6.04 Å². The zero-order chi connectivity index (χ0) is 21.2. The second kappa shape index (κ2) is 11.1. The summed E-state index contributed by atoms with van der Waals surface area (Å²) in [5.41, 5.74) is 2.29. The van der Waals surface area contributed by atoms with E-state index in [1.165, 1.54) is 10.5 Å². The molecule has 1 N–H and O–H groups in total. The third-order valence-corrected chi connectivity index (χ3v) is 5.53. The highest BCUT2D eigenvalue weighted by Gasteiger charge is 2.44. The van der Waals surface area contributed by atoms with E-state index in [-0.39, 0.29) is 40.5 Å². The van der Waals surface area contributed by atoms with Crippen molar-refractivity contribution in [2.75, 3.05) is 13.1 Å². The van der Waals surface area contributed by atoms with E-state index in [0.717, 1.165) is 18.4 Å². The van der Waals surface area contributed by atoms with Crippen LogP contribution in [0.25, 0.3) is 0 Å². The molecule has 1 atom stereocenters. The molecule has 0 spiro atoms. The van der Waals surface area contributed by atoms with Gasteiger partial charge in [-0.15, -0.1) is 11.8 Å². The number of nitrogens with zero attached hydrogens (tertiary/aromatic N) is 1. The molecule has 1 unspecified atom stereocenters. The van der Waals surface area contributed by atoms with Gasteiger partial charge in [-0.3, -0.25) is 9.59 Å². The quantitative estimate of drug-likeness (QED) is 0.307. The number of aryl methyl sites for hydroxylation is 1. The Labute approximate surface area is 180 Å². The predicted molar refractivity (Wildman–Crippen MR) is 119 cm³/mol. The molecule has 1 saturated heterocycles. The van der Waals surface area contributed by atoms with Crippen LogP contribution in [0.3, 0.4) is 0 Å². The largest absolute Gasteiger partial charge is 0.354 e. The molecule has 30 heavy (non-hydrogen) atoms. The summed E-state index contributed by atoms with van der Waals surface area (Å²) in [6, 6.07) is 19.5. The lowest BCUT2D eigenvalue weighted by atomic mass is 9.94. The summed E-state index contributed by atoms with van der Waals surface area (Å²) in [4.78, 5) is 26.1. The Kier molecular flexibility index (Phi) is 7.99. The van der Waals surface area contributed by atoms with E-state index in [0.29, 0.717) is 19.4 Å². The third kappa shape index (κ3) is 5.91. The number of nitrogens with one attached hydrogen (secondary N) is 1. The molecule has 3 rings (SSSR count). The zero-order valence-electron chi connectivity index (χ0n) is 16.7. The van der Waals surface area contributed by atoms with Gasteiger partial charge < -0.3 is 10.2 Å². The summed E-state index contributed by atoms with van der Waals surface area (Å²) in [6.07, 6.45) is 2.80. The van der Waals surface area contributed by atoms with Crippen molar-refractivity contribution < 1.29 is 13.8 Å². The van der Waals surface area contributed by atoms with Gasteiger partial charge >= 0.3 is 0 Å². The molecule has 0 radical (unpaired) electrons. The molecule has 5 nitrogen and oxygen atoms in total. The van der Waals surface area contributed by atoms with Crippen LogP contribution >= 0.6 is 0 Å². The van der Waals surface area contributed by atoms with Gasteiger partial charge in [0.15, 0.2) is 0 Å². The van der Waals surface area contributed by atoms with Gasteiger partial charge in [-0.2, -0.15) is 0 Å². The van der Waals surface area contributed by atoms with Gasteiger partial charge in [-0.1, -0.05) is 60.7 Å². The van der Waals surface area contributed by atoms with Gasteiger partial charge in [0.1, 0.15) is 22.7 Å². The minimum Gasteiger partial charge on any atom is -0.354 e. The highest BCUT2D eigenvalue weighted by Crippen LogP contribution is 2.20. The van der Waals surface area contributed by atoms with Gasteiger partial charge in [0.2, 0.25) is 5.91 Å². The summed E-state index contributed by atoms with van der Waals surface area (Å²) in [6.45, 7) is 0.400. The van der Waals surface area contributed by atoms with E-state index >= 15 is 0 Å². The second-order valence-electron chi connectivity index (χ2n) is 7.03. The van der Waals surface area contributed by atoms with Gasteiger partial charge in [0, 0.05) is 19.4 Å². The Bertz CT molecular complexity index is 989. The van der Waals surface area contributed by atoms with Crippen LogP contribution < -0.4 is 5.32 Å². The smallest absolute Gasteiger partial charge is 0.266 e. The maximum Gasteiger partial charge on any atom is 0.266 e. The van der Waals surface area contributed by atoms with Crippen molar-refractivity contribution in [3.63, 3.8) is 0 Å². The van der Waals surface area contributed by atoms with Gasteiger partial charge in [0.25, 0.3) is 5.91 Å². The Morgan fingerprint density at radius 3 is 2.27 bits per heavy atom. The lowest BCUT2D eigenvalue weighted by molar-refractivity contribution is -0.135. The van der Waals surface area contributed by atoms with E-state index in [1.54, 1.807) is 0 Å². The van der Waals surface area contributed by atoms with Gasteiger partial charge in [-0.05, 0) is 24.0 Å². The molecule has 154 valence electrons. The van der Waals surface area contributed by atoms with Crippen LogP contribution in [-0.2, 0) is 33.7 Å². The number of amides is 2. The van der Waals surface area contributed by atoms with Crippen molar-refractivity contribution in [2.45, 2.75) is 31.7 Å². The fourth-order valence-electron chi connectivity index (χ4n) is 3.32. The van der Waals surface area contributed by atoms with Crippen molar-refractivity contribution in [3.05, 3.63) is 71.8 Å². The maximum absolute atomic E-state index is 12.2. The number of carbonyl (C=O) groups is 2. The second-order valence-corrected chi connectivity index (χ2v) is 7.63. The average Bonchev–Trinajstić information content (AvgIpc) is 2.78. The molecule has 2 amide bonds. The van der Waals surface area contributed by atoms with Crippen molar-refractivity contribution in [3.8, 4) is 11.8 Å². The fraction of sp³-hybridized carbons (Fsp3) is 0.292. The molecule has 0 aromatic heterocycles. The summed E-state index contributed by atoms with van der Waals surface area (Å²) in [7, 11) is 0. The van der Waals surface area contributed by atoms with Crippen molar-refractivity contribution in [1.29, 1.82) is 0 Å². The molecular weight excluding hydrogens is 396 g/mol. The first-order valence-corrected chi connectivity index (χ1v) is 10.7. The van der Waals surface area contributed by atoms with E-state index in [9.17, 15) is 13.8 Å². The molecule has 0 bridgehead atoms. The highest BCUT2D eigenvalue weighted by molar-refractivity contribution is 7.69. The number of likely N-dealkylation sites (tertiary alicyclic amines) is 1. The molecule has 1 aliphatic rings. The monoisotopic (exact) mass is 420 g/mol. The summed E-state index contributed by atoms with van der Waals surface area (Å²) >= 11 is 0.231. The predicted octanol–water partition coefficient (Wildman–Crippen LogP) is 1.97. The summed E-state index contributed by atoms with van der Waals surface area (Å²) in [5.74, 6) is 5.61. The molecule has 1 heterocycles. The first-order chi connectivity index (χ1) is 14.7. The van der Waals surface area contributed by atoms with Crippen molar-refractivity contribution in [2.24, 2.45) is 0 Å². The first-order valence-electron chi connectivity index (χ1n) is 9.97. The van der Waals surface area contributed by atoms with Crippen LogP contribution in [0.2, 0.25) is 0 Å². The Hall–Kier alpha value is -3.17. The Morgan fingerprint density at radius 2 is 1.60 bits per heavy atom. The molecular formula is C24H24N2O3S. The number of carbonyl (C=O) groups excluding carboxylic acids is 2. The SMILES string of the molecule is O=S=C1C(=O)N(CC(=O)NCCC#CCCc2ccccc2)C1Cc1ccccc1. The van der Waals surface area contributed by atoms with Crippen LogP contribution in [0.15, 0.2) is 60.7 Å². The zero-order valence-corrected chi connectivity index (χ0v) is 17.5. The number of rotatable bonds is 8. The molecule has 0 saturated carbocycles. The molecule has 2 aromatic carbocycles. The lowest BCUT2D eigenvalue weighted by Gasteiger charge is -2.40. The molecule has 1 fully saturated rings. The van der Waals surface area contributed by atoms with Crippen LogP contribution in [0.5, 0.6) is 0 Å². The van der Waals surface area contributed by atoms with Crippen LogP contribution in [0.4, 0.5) is 0 Å². The van der Waals surface area contributed by atoms with Crippen LogP contribution in [0, 0.1) is 11.8 Å². The number of β-lactam (4-membered cyclic amide) rings is 1. The lowest BCUT2D eigenvalue weighted by Crippen LogP contribution is -2.64. The van der Waals surface area contributed by atoms with E-state index < -0.39 is 0 Å². The normalized spacial score (nSPS) is 15.1. The van der Waals surface area contributed by atoms with Crippen LogP contribution in [-0.4, -0.2) is 44.9 Å². The summed E-state index contributed by atoms with van der Waals surface area (Å²) in [5, 5.41) is 2.80. The van der Waals surface area contributed by atoms with E-state index in [1.807, 2.05) is 48.5 Å². The number of hydrogen-bond donors (Lipinski definition) is 1. The van der Waals surface area contributed by atoms with Crippen LogP contribution in [0.1, 0.15) is 24.0 Å². The topological polar surface area (TPSA) is 66.5 Å². The number of hydrogen-bond acceptors (Lipinski definition) is 3. The highest BCUT2D eigenvalue weighted by atomic mass is 32.1. The minimum atomic E-state index is -0.341. The molecule has 0 aliphatic carbocycles. The van der Waals surface area contributed by atoms with Crippen molar-refractivity contribution in [1.82, 2.24) is 10.2 Å². The molecule has 6 heteroatoms. The maximum atomic E-state index is 12.2. The van der Waals surface area contributed by atoms with Gasteiger partial charge in [-0.25, -0.2) is 4.21 Å². The van der Waals surface area contributed by atoms with E-state index in [2.05, 4.69) is 29.3 Å². The molecule has 2 aromatic rings. The number of benzene rings is 2. The Morgan fingerprint density at radius 1 is 0.967 bits per heavy atom. The van der Waals surface area contributed by atoms with E-state index in [4.69, 9.17) is 0 Å². The minimum absolute atomic E-state index is 0.0399.